The Labute approximate surface area is 147 Å². The maximum absolute atomic E-state index is 13.9. The van der Waals surface area contributed by atoms with Gasteiger partial charge in [0.05, 0.1) is 5.56 Å². The van der Waals surface area contributed by atoms with Crippen molar-refractivity contribution in [3.63, 3.8) is 0 Å². The Balaban J connectivity index is 1.78. The molecule has 25 heavy (non-hydrogen) atoms. The van der Waals surface area contributed by atoms with Crippen LogP contribution in [0.2, 0.25) is 0 Å². The van der Waals surface area contributed by atoms with Crippen LogP contribution in [0.25, 0.3) is 11.5 Å². The lowest BCUT2D eigenvalue weighted by Gasteiger charge is -2.36. The summed E-state index contributed by atoms with van der Waals surface area (Å²) in [6, 6.07) is 6.41. The van der Waals surface area contributed by atoms with Gasteiger partial charge < -0.3 is 9.52 Å². The van der Waals surface area contributed by atoms with Crippen molar-refractivity contribution in [3.05, 3.63) is 47.6 Å². The summed E-state index contributed by atoms with van der Waals surface area (Å²) in [5.74, 6) is 1.85. The predicted octanol–water partition coefficient (Wildman–Crippen LogP) is 4.27. The number of aliphatic hydroxyl groups excluding tert-OH is 1. The molecular weight excluding hydrogens is 319 g/mol. The quantitative estimate of drug-likeness (QED) is 0.823. The van der Waals surface area contributed by atoms with Crippen molar-refractivity contribution >= 4 is 0 Å². The summed E-state index contributed by atoms with van der Waals surface area (Å²) in [6.07, 6.45) is 3.82. The second-order valence-electron chi connectivity index (χ2n) is 7.28. The first-order chi connectivity index (χ1) is 12.0. The molecule has 1 aliphatic carbocycles. The van der Waals surface area contributed by atoms with E-state index in [9.17, 15) is 9.50 Å². The molecule has 0 bridgehead atoms. The van der Waals surface area contributed by atoms with E-state index >= 15 is 0 Å². The topological polar surface area (TPSA) is 59.2 Å². The average Bonchev–Trinajstić information content (AvgIpc) is 3.04. The molecule has 1 aliphatic rings. The van der Waals surface area contributed by atoms with Crippen LogP contribution in [-0.4, -0.2) is 21.9 Å². The van der Waals surface area contributed by atoms with Crippen LogP contribution in [0.4, 0.5) is 4.39 Å². The number of aromatic nitrogens is 2. The van der Waals surface area contributed by atoms with E-state index in [1.165, 1.54) is 11.6 Å². The van der Waals surface area contributed by atoms with Gasteiger partial charge in [-0.3, -0.25) is 0 Å². The molecular formula is C20H25FN2O2. The molecule has 1 aromatic heterocycles. The largest absolute Gasteiger partial charge is 0.421 e. The third kappa shape index (κ3) is 3.82. The molecule has 1 heterocycles. The Bertz CT molecular complexity index is 754. The molecule has 5 heteroatoms. The van der Waals surface area contributed by atoms with Crippen molar-refractivity contribution in [3.8, 4) is 11.5 Å². The van der Waals surface area contributed by atoms with E-state index in [4.69, 9.17) is 4.42 Å². The Morgan fingerprint density at radius 3 is 2.72 bits per heavy atom. The van der Waals surface area contributed by atoms with Gasteiger partial charge in [0.1, 0.15) is 5.82 Å². The van der Waals surface area contributed by atoms with Gasteiger partial charge in [-0.1, -0.05) is 37.6 Å². The molecule has 134 valence electrons. The number of rotatable bonds is 5. The molecule has 1 aromatic carbocycles. The number of allylic oxidation sites excluding steroid dienone is 1. The van der Waals surface area contributed by atoms with Crippen LogP contribution in [0.3, 0.4) is 0 Å². The second kappa shape index (κ2) is 7.48. The maximum atomic E-state index is 13.9. The summed E-state index contributed by atoms with van der Waals surface area (Å²) in [5, 5.41) is 17.8. The van der Waals surface area contributed by atoms with E-state index in [-0.39, 0.29) is 24.2 Å². The molecule has 0 spiro atoms. The fraction of sp³-hybridized carbons (Fsp3) is 0.500. The van der Waals surface area contributed by atoms with Crippen LogP contribution in [-0.2, 0) is 6.42 Å². The summed E-state index contributed by atoms with van der Waals surface area (Å²) in [6.45, 7) is 6.67. The molecule has 3 atom stereocenters. The Hall–Kier alpha value is -2.01. The Morgan fingerprint density at radius 1 is 1.28 bits per heavy atom. The van der Waals surface area contributed by atoms with E-state index in [1.54, 1.807) is 18.2 Å². The average molecular weight is 344 g/mol. The first-order valence-electron chi connectivity index (χ1n) is 8.86. The Morgan fingerprint density at radius 2 is 2.04 bits per heavy atom. The van der Waals surface area contributed by atoms with Gasteiger partial charge in [0.2, 0.25) is 5.89 Å². The summed E-state index contributed by atoms with van der Waals surface area (Å²) < 4.78 is 19.6. The van der Waals surface area contributed by atoms with Crippen molar-refractivity contribution in [2.75, 3.05) is 6.61 Å². The van der Waals surface area contributed by atoms with Crippen LogP contribution < -0.4 is 0 Å². The van der Waals surface area contributed by atoms with E-state index in [1.807, 2.05) is 0 Å². The standard InChI is InChI=1S/C20H25FN2O2/c1-12(2)17-9-14(13(3)8-15(17)11-24)10-19-22-23-20(25-19)16-6-4-5-7-18(16)21/h4-8,12,14-15,17,24H,9-11H2,1-3H3. The molecule has 0 amide bonds. The SMILES string of the molecule is CC1=CC(CO)C(C(C)C)CC1Cc1nnc(-c2ccccc2F)o1. The zero-order valence-electron chi connectivity index (χ0n) is 14.9. The number of benzene rings is 1. The lowest BCUT2D eigenvalue weighted by atomic mass is 9.70. The number of hydrogen-bond acceptors (Lipinski definition) is 4. The van der Waals surface area contributed by atoms with Gasteiger partial charge in [0, 0.05) is 18.9 Å². The van der Waals surface area contributed by atoms with Crippen molar-refractivity contribution < 1.29 is 13.9 Å². The van der Waals surface area contributed by atoms with Gasteiger partial charge in [-0.2, -0.15) is 0 Å². The zero-order valence-corrected chi connectivity index (χ0v) is 14.9. The van der Waals surface area contributed by atoms with Crippen molar-refractivity contribution in [2.24, 2.45) is 23.7 Å². The van der Waals surface area contributed by atoms with Crippen LogP contribution in [0, 0.1) is 29.5 Å². The van der Waals surface area contributed by atoms with Crippen LogP contribution >= 0.6 is 0 Å². The zero-order chi connectivity index (χ0) is 18.0. The number of halogens is 1. The number of aliphatic hydroxyl groups is 1. The number of nitrogens with zero attached hydrogens (tertiary/aromatic N) is 2. The van der Waals surface area contributed by atoms with Gasteiger partial charge in [0.25, 0.3) is 5.89 Å². The van der Waals surface area contributed by atoms with Gasteiger partial charge in [-0.05, 0) is 43.2 Å². The maximum Gasteiger partial charge on any atom is 0.250 e. The van der Waals surface area contributed by atoms with E-state index in [0.29, 0.717) is 35.6 Å². The summed E-state index contributed by atoms with van der Waals surface area (Å²) in [7, 11) is 0. The second-order valence-corrected chi connectivity index (χ2v) is 7.28. The highest BCUT2D eigenvalue weighted by Crippen LogP contribution is 2.38. The highest BCUT2D eigenvalue weighted by atomic mass is 19.1. The smallest absolute Gasteiger partial charge is 0.250 e. The molecule has 0 fully saturated rings. The van der Waals surface area contributed by atoms with Crippen molar-refractivity contribution in [1.82, 2.24) is 10.2 Å². The van der Waals surface area contributed by atoms with Crippen molar-refractivity contribution in [2.45, 2.75) is 33.6 Å². The minimum atomic E-state index is -0.364. The molecule has 0 saturated heterocycles. The monoisotopic (exact) mass is 344 g/mol. The third-order valence-electron chi connectivity index (χ3n) is 5.29. The first-order valence-corrected chi connectivity index (χ1v) is 8.86. The molecule has 1 N–H and O–H groups in total. The van der Waals surface area contributed by atoms with Gasteiger partial charge >= 0.3 is 0 Å². The predicted molar refractivity (Wildman–Crippen MR) is 94.2 cm³/mol. The molecule has 2 aromatic rings. The first kappa shape index (κ1) is 17.8. The van der Waals surface area contributed by atoms with E-state index < -0.39 is 0 Å². The summed E-state index contributed by atoms with van der Waals surface area (Å²) >= 11 is 0. The molecule has 3 rings (SSSR count). The van der Waals surface area contributed by atoms with Crippen LogP contribution in [0.15, 0.2) is 40.3 Å². The van der Waals surface area contributed by atoms with Crippen LogP contribution in [0.5, 0.6) is 0 Å². The Kier molecular flexibility index (Phi) is 5.33. The minimum Gasteiger partial charge on any atom is -0.421 e. The summed E-state index contributed by atoms with van der Waals surface area (Å²) in [4.78, 5) is 0. The van der Waals surface area contributed by atoms with Crippen molar-refractivity contribution in [1.29, 1.82) is 0 Å². The van der Waals surface area contributed by atoms with Gasteiger partial charge in [-0.25, -0.2) is 4.39 Å². The third-order valence-corrected chi connectivity index (χ3v) is 5.29. The summed E-state index contributed by atoms with van der Waals surface area (Å²) in [5.41, 5.74) is 1.58. The molecule has 4 nitrogen and oxygen atoms in total. The minimum absolute atomic E-state index is 0.185. The van der Waals surface area contributed by atoms with Gasteiger partial charge in [-0.15, -0.1) is 10.2 Å². The fourth-order valence-corrected chi connectivity index (χ4v) is 3.78. The molecule has 0 saturated carbocycles. The number of hydrogen-bond donors (Lipinski definition) is 1. The van der Waals surface area contributed by atoms with E-state index in [2.05, 4.69) is 37.0 Å². The lowest BCUT2D eigenvalue weighted by molar-refractivity contribution is 0.147. The normalized spacial score (nSPS) is 23.8. The highest BCUT2D eigenvalue weighted by Gasteiger charge is 2.32. The van der Waals surface area contributed by atoms with Gasteiger partial charge in [0.15, 0.2) is 0 Å². The highest BCUT2D eigenvalue weighted by molar-refractivity contribution is 5.53. The lowest BCUT2D eigenvalue weighted by Crippen LogP contribution is -2.30. The molecule has 0 radical (unpaired) electrons. The molecule has 3 unspecified atom stereocenters. The molecule has 0 aliphatic heterocycles. The fourth-order valence-electron chi connectivity index (χ4n) is 3.78. The van der Waals surface area contributed by atoms with Crippen LogP contribution in [0.1, 0.15) is 33.1 Å². The van der Waals surface area contributed by atoms with E-state index in [0.717, 1.165) is 6.42 Å².